The summed E-state index contributed by atoms with van der Waals surface area (Å²) in [5, 5.41) is 19.0. The SMILES string of the molecule is CSc1ncc(C(=O)O)c(N(C)CC2CCCN(CCO)C2)n1. The first kappa shape index (κ1) is 18.0. The van der Waals surface area contributed by atoms with Gasteiger partial charge in [0.15, 0.2) is 5.16 Å². The van der Waals surface area contributed by atoms with Crippen LogP contribution < -0.4 is 4.90 Å². The number of anilines is 1. The molecular weight excluding hydrogens is 316 g/mol. The highest BCUT2D eigenvalue weighted by molar-refractivity contribution is 7.98. The first-order valence-electron chi connectivity index (χ1n) is 7.73. The third-order valence-electron chi connectivity index (χ3n) is 4.07. The molecule has 0 saturated carbocycles. The number of likely N-dealkylation sites (tertiary alicyclic amines) is 1. The monoisotopic (exact) mass is 340 g/mol. The van der Waals surface area contributed by atoms with Gasteiger partial charge in [-0.05, 0) is 31.6 Å². The van der Waals surface area contributed by atoms with Gasteiger partial charge in [0.05, 0.1) is 6.61 Å². The summed E-state index contributed by atoms with van der Waals surface area (Å²) >= 11 is 1.40. The minimum atomic E-state index is -1.01. The maximum atomic E-state index is 11.4. The van der Waals surface area contributed by atoms with Crippen LogP contribution in [0.15, 0.2) is 11.4 Å². The van der Waals surface area contributed by atoms with E-state index in [-0.39, 0.29) is 12.2 Å². The van der Waals surface area contributed by atoms with E-state index < -0.39 is 5.97 Å². The Labute approximate surface area is 140 Å². The van der Waals surface area contributed by atoms with Crippen LogP contribution in [-0.4, -0.2) is 77.1 Å². The molecule has 0 aromatic carbocycles. The maximum Gasteiger partial charge on any atom is 0.341 e. The first-order valence-corrected chi connectivity index (χ1v) is 8.96. The lowest BCUT2D eigenvalue weighted by molar-refractivity contribution is 0.0696. The summed E-state index contributed by atoms with van der Waals surface area (Å²) in [6, 6.07) is 0. The number of aromatic nitrogens is 2. The lowest BCUT2D eigenvalue weighted by atomic mass is 9.97. The topological polar surface area (TPSA) is 89.8 Å². The van der Waals surface area contributed by atoms with E-state index in [0.29, 0.717) is 23.4 Å². The Balaban J connectivity index is 2.10. The summed E-state index contributed by atoms with van der Waals surface area (Å²) in [4.78, 5) is 24.0. The minimum Gasteiger partial charge on any atom is -0.477 e. The van der Waals surface area contributed by atoms with E-state index in [0.717, 1.165) is 32.5 Å². The Bertz CT molecular complexity index is 541. The van der Waals surface area contributed by atoms with Crippen molar-refractivity contribution in [2.75, 3.05) is 51.0 Å². The first-order chi connectivity index (χ1) is 11.0. The number of hydrogen-bond donors (Lipinski definition) is 2. The molecule has 1 aliphatic rings. The predicted molar refractivity (Wildman–Crippen MR) is 90.3 cm³/mol. The van der Waals surface area contributed by atoms with Crippen molar-refractivity contribution in [2.45, 2.75) is 18.0 Å². The van der Waals surface area contributed by atoms with Crippen molar-refractivity contribution in [1.29, 1.82) is 0 Å². The molecule has 7 nitrogen and oxygen atoms in total. The molecule has 1 aromatic heterocycles. The highest BCUT2D eigenvalue weighted by atomic mass is 32.2. The number of piperidine rings is 1. The van der Waals surface area contributed by atoms with Crippen molar-refractivity contribution >= 4 is 23.5 Å². The Morgan fingerprint density at radius 1 is 1.57 bits per heavy atom. The Kier molecular flexibility index (Phi) is 6.61. The van der Waals surface area contributed by atoms with Gasteiger partial charge in [0.25, 0.3) is 0 Å². The molecule has 1 aliphatic heterocycles. The van der Waals surface area contributed by atoms with E-state index in [9.17, 15) is 9.90 Å². The van der Waals surface area contributed by atoms with E-state index in [1.807, 2.05) is 18.2 Å². The minimum absolute atomic E-state index is 0.133. The van der Waals surface area contributed by atoms with Crippen molar-refractivity contribution in [1.82, 2.24) is 14.9 Å². The number of aromatic carboxylic acids is 1. The highest BCUT2D eigenvalue weighted by Gasteiger charge is 2.23. The number of aliphatic hydroxyl groups is 1. The third-order valence-corrected chi connectivity index (χ3v) is 4.63. The molecule has 2 heterocycles. The second-order valence-electron chi connectivity index (χ2n) is 5.81. The average Bonchev–Trinajstić information content (AvgIpc) is 2.54. The molecule has 0 radical (unpaired) electrons. The molecule has 2 N–H and O–H groups in total. The van der Waals surface area contributed by atoms with E-state index in [1.54, 1.807) is 0 Å². The van der Waals surface area contributed by atoms with Crippen LogP contribution in [0.5, 0.6) is 0 Å². The zero-order valence-corrected chi connectivity index (χ0v) is 14.4. The van der Waals surface area contributed by atoms with Crippen LogP contribution >= 0.6 is 11.8 Å². The van der Waals surface area contributed by atoms with E-state index in [1.165, 1.54) is 18.0 Å². The number of rotatable bonds is 7. The van der Waals surface area contributed by atoms with Crippen LogP contribution in [0.3, 0.4) is 0 Å². The molecule has 0 spiro atoms. The van der Waals surface area contributed by atoms with Gasteiger partial charge in [0, 0.05) is 32.9 Å². The van der Waals surface area contributed by atoms with Crippen LogP contribution in [0.2, 0.25) is 0 Å². The van der Waals surface area contributed by atoms with Gasteiger partial charge < -0.3 is 20.0 Å². The summed E-state index contributed by atoms with van der Waals surface area (Å²) in [7, 11) is 1.88. The average molecular weight is 340 g/mol. The Morgan fingerprint density at radius 3 is 3.00 bits per heavy atom. The fraction of sp³-hybridized carbons (Fsp3) is 0.667. The number of carbonyl (C=O) groups is 1. The number of carboxylic acid groups (broad SMARTS) is 1. The number of carboxylic acids is 1. The van der Waals surface area contributed by atoms with Gasteiger partial charge in [-0.25, -0.2) is 14.8 Å². The molecule has 1 aromatic rings. The third kappa shape index (κ3) is 4.79. The smallest absolute Gasteiger partial charge is 0.341 e. The molecule has 1 atom stereocenters. The van der Waals surface area contributed by atoms with Gasteiger partial charge in [-0.1, -0.05) is 11.8 Å². The fourth-order valence-electron chi connectivity index (χ4n) is 3.02. The summed E-state index contributed by atoms with van der Waals surface area (Å²) in [6.07, 6.45) is 5.46. The number of nitrogens with zero attached hydrogens (tertiary/aromatic N) is 4. The number of aliphatic hydroxyl groups excluding tert-OH is 1. The maximum absolute atomic E-state index is 11.4. The van der Waals surface area contributed by atoms with E-state index in [4.69, 9.17) is 5.11 Å². The normalized spacial score (nSPS) is 18.8. The van der Waals surface area contributed by atoms with Gasteiger partial charge in [0.2, 0.25) is 0 Å². The second kappa shape index (κ2) is 8.47. The van der Waals surface area contributed by atoms with E-state index in [2.05, 4.69) is 14.9 Å². The van der Waals surface area contributed by atoms with Gasteiger partial charge in [-0.15, -0.1) is 0 Å². The predicted octanol–water partition coefficient (Wildman–Crippen LogP) is 1.04. The molecular formula is C15H24N4O3S. The van der Waals surface area contributed by atoms with Gasteiger partial charge in [0.1, 0.15) is 11.4 Å². The van der Waals surface area contributed by atoms with Gasteiger partial charge >= 0.3 is 5.97 Å². The molecule has 1 fully saturated rings. The Hall–Kier alpha value is -1.38. The van der Waals surface area contributed by atoms with Crippen molar-refractivity contribution in [3.8, 4) is 0 Å². The molecule has 2 rings (SSSR count). The second-order valence-corrected chi connectivity index (χ2v) is 6.59. The van der Waals surface area contributed by atoms with Crippen LogP contribution in [-0.2, 0) is 0 Å². The van der Waals surface area contributed by atoms with Crippen LogP contribution in [0.25, 0.3) is 0 Å². The lowest BCUT2D eigenvalue weighted by Gasteiger charge is -2.34. The molecule has 1 unspecified atom stereocenters. The van der Waals surface area contributed by atoms with Crippen molar-refractivity contribution in [3.05, 3.63) is 11.8 Å². The summed E-state index contributed by atoms with van der Waals surface area (Å²) in [5.74, 6) is -0.101. The lowest BCUT2D eigenvalue weighted by Crippen LogP contribution is -2.41. The highest BCUT2D eigenvalue weighted by Crippen LogP contribution is 2.23. The standard InChI is InChI=1S/C15H24N4O3S/c1-18(9-11-4-3-5-19(10-11)6-7-20)13-12(14(21)22)8-16-15(17-13)23-2/h8,11,20H,3-7,9-10H2,1-2H3,(H,21,22). The zero-order chi connectivity index (χ0) is 16.8. The molecule has 8 heteroatoms. The number of β-amino-alcohol motifs (C(OH)–C–C–N with tert-alkyl or cyclic N) is 1. The molecule has 0 aliphatic carbocycles. The van der Waals surface area contributed by atoms with Gasteiger partial charge in [-0.3, -0.25) is 0 Å². The van der Waals surface area contributed by atoms with Crippen LogP contribution in [0.1, 0.15) is 23.2 Å². The fourth-order valence-corrected chi connectivity index (χ4v) is 3.35. The van der Waals surface area contributed by atoms with Crippen molar-refractivity contribution in [2.24, 2.45) is 5.92 Å². The largest absolute Gasteiger partial charge is 0.477 e. The molecule has 0 amide bonds. The number of thioether (sulfide) groups is 1. The zero-order valence-electron chi connectivity index (χ0n) is 13.6. The number of hydrogen-bond acceptors (Lipinski definition) is 7. The van der Waals surface area contributed by atoms with Crippen LogP contribution in [0.4, 0.5) is 5.82 Å². The Morgan fingerprint density at radius 2 is 2.35 bits per heavy atom. The molecule has 128 valence electrons. The molecule has 23 heavy (non-hydrogen) atoms. The quantitative estimate of drug-likeness (QED) is 0.562. The van der Waals surface area contributed by atoms with E-state index >= 15 is 0 Å². The summed E-state index contributed by atoms with van der Waals surface area (Å²) in [6.45, 7) is 3.56. The van der Waals surface area contributed by atoms with Crippen molar-refractivity contribution in [3.63, 3.8) is 0 Å². The van der Waals surface area contributed by atoms with Gasteiger partial charge in [-0.2, -0.15) is 0 Å². The molecule has 0 bridgehead atoms. The summed E-state index contributed by atoms with van der Waals surface area (Å²) < 4.78 is 0. The van der Waals surface area contributed by atoms with Crippen LogP contribution in [0, 0.1) is 5.92 Å². The van der Waals surface area contributed by atoms with Crippen molar-refractivity contribution < 1.29 is 15.0 Å². The summed E-state index contributed by atoms with van der Waals surface area (Å²) in [5.41, 5.74) is 0.133. The molecule has 1 saturated heterocycles.